The Kier molecular flexibility index (Phi) is 5.16. The number of carboxylic acids is 1. The van der Waals surface area contributed by atoms with E-state index in [2.05, 4.69) is 4.72 Å². The van der Waals surface area contributed by atoms with E-state index in [1.807, 2.05) is 0 Å². The minimum Gasteiger partial charge on any atom is -0.480 e. The van der Waals surface area contributed by atoms with Crippen molar-refractivity contribution in [2.24, 2.45) is 5.92 Å². The molecule has 0 saturated heterocycles. The van der Waals surface area contributed by atoms with Gasteiger partial charge in [0.05, 0.1) is 5.75 Å². The van der Waals surface area contributed by atoms with Gasteiger partial charge in [-0.15, -0.1) is 0 Å². The standard InChI is InChI=1S/C12H23NO4S/c1-10(2)9-18(16,17)13-12(11(14)15)7-5-3-4-6-8-12/h10,13H,3-9H2,1-2H3,(H,14,15). The molecular weight excluding hydrogens is 254 g/mol. The minimum atomic E-state index is -3.53. The second kappa shape index (κ2) is 6.02. The highest BCUT2D eigenvalue weighted by molar-refractivity contribution is 7.89. The molecule has 0 heterocycles. The van der Waals surface area contributed by atoms with Crippen LogP contribution in [0.5, 0.6) is 0 Å². The molecule has 5 nitrogen and oxygen atoms in total. The lowest BCUT2D eigenvalue weighted by molar-refractivity contribution is -0.144. The predicted octanol–water partition coefficient (Wildman–Crippen LogP) is 1.74. The van der Waals surface area contributed by atoms with Crippen LogP contribution in [0.4, 0.5) is 0 Å². The van der Waals surface area contributed by atoms with E-state index in [9.17, 15) is 18.3 Å². The Labute approximate surface area is 109 Å². The number of rotatable bonds is 5. The van der Waals surface area contributed by atoms with Gasteiger partial charge in [0.2, 0.25) is 10.0 Å². The van der Waals surface area contributed by atoms with Crippen molar-refractivity contribution in [1.29, 1.82) is 0 Å². The molecular formula is C12H23NO4S. The summed E-state index contributed by atoms with van der Waals surface area (Å²) in [6.45, 7) is 3.61. The van der Waals surface area contributed by atoms with Crippen molar-refractivity contribution in [3.05, 3.63) is 0 Å². The minimum absolute atomic E-state index is 0.0147. The molecule has 1 aliphatic carbocycles. The van der Waals surface area contributed by atoms with Crippen LogP contribution in [0.25, 0.3) is 0 Å². The van der Waals surface area contributed by atoms with Crippen LogP contribution in [0.1, 0.15) is 52.4 Å². The average Bonchev–Trinajstić information content (AvgIpc) is 2.41. The summed E-state index contributed by atoms with van der Waals surface area (Å²) < 4.78 is 26.4. The van der Waals surface area contributed by atoms with E-state index in [-0.39, 0.29) is 11.7 Å². The third-order valence-corrected chi connectivity index (χ3v) is 5.08. The third kappa shape index (κ3) is 4.24. The van der Waals surface area contributed by atoms with Gasteiger partial charge in [-0.3, -0.25) is 4.79 Å². The number of nitrogens with one attached hydrogen (secondary N) is 1. The van der Waals surface area contributed by atoms with Gasteiger partial charge in [0.15, 0.2) is 0 Å². The number of sulfonamides is 1. The van der Waals surface area contributed by atoms with Crippen molar-refractivity contribution < 1.29 is 18.3 Å². The largest absolute Gasteiger partial charge is 0.480 e. The molecule has 0 aromatic heterocycles. The molecule has 0 aliphatic heterocycles. The molecule has 0 spiro atoms. The van der Waals surface area contributed by atoms with E-state index in [4.69, 9.17) is 0 Å². The van der Waals surface area contributed by atoms with Crippen LogP contribution in [0.3, 0.4) is 0 Å². The first-order valence-corrected chi connectivity index (χ1v) is 8.18. The van der Waals surface area contributed by atoms with Crippen LogP contribution in [0.2, 0.25) is 0 Å². The maximum atomic E-state index is 12.0. The molecule has 106 valence electrons. The van der Waals surface area contributed by atoms with E-state index in [1.54, 1.807) is 13.8 Å². The Hall–Kier alpha value is -0.620. The molecule has 0 aromatic carbocycles. The van der Waals surface area contributed by atoms with Crippen molar-refractivity contribution in [3.8, 4) is 0 Å². The van der Waals surface area contributed by atoms with Crippen LogP contribution in [0.15, 0.2) is 0 Å². The molecule has 0 atom stereocenters. The summed E-state index contributed by atoms with van der Waals surface area (Å²) >= 11 is 0. The van der Waals surface area contributed by atoms with E-state index in [1.165, 1.54) is 0 Å². The predicted molar refractivity (Wildman–Crippen MR) is 69.8 cm³/mol. The highest BCUT2D eigenvalue weighted by Crippen LogP contribution is 2.28. The van der Waals surface area contributed by atoms with Gasteiger partial charge < -0.3 is 5.11 Å². The Morgan fingerprint density at radius 3 is 2.11 bits per heavy atom. The molecule has 0 aromatic rings. The Bertz CT molecular complexity index is 381. The number of carboxylic acid groups (broad SMARTS) is 1. The SMILES string of the molecule is CC(C)CS(=O)(=O)NC1(C(=O)O)CCCCCC1. The Morgan fingerprint density at radius 2 is 1.72 bits per heavy atom. The molecule has 1 fully saturated rings. The van der Waals surface area contributed by atoms with E-state index in [0.29, 0.717) is 12.8 Å². The molecule has 2 N–H and O–H groups in total. The summed E-state index contributed by atoms with van der Waals surface area (Å²) in [7, 11) is -3.53. The molecule has 1 rings (SSSR count). The van der Waals surface area contributed by atoms with Crippen molar-refractivity contribution in [2.75, 3.05) is 5.75 Å². The lowest BCUT2D eigenvalue weighted by Crippen LogP contribution is -2.54. The summed E-state index contributed by atoms with van der Waals surface area (Å²) in [5.74, 6) is -1.09. The fourth-order valence-electron chi connectivity index (χ4n) is 2.47. The van der Waals surface area contributed by atoms with Gasteiger partial charge in [-0.25, -0.2) is 8.42 Å². The maximum absolute atomic E-state index is 12.0. The average molecular weight is 277 g/mol. The lowest BCUT2D eigenvalue weighted by Gasteiger charge is -2.29. The molecule has 0 bridgehead atoms. The summed E-state index contributed by atoms with van der Waals surface area (Å²) in [4.78, 5) is 11.5. The zero-order valence-corrected chi connectivity index (χ0v) is 11.9. The molecule has 1 saturated carbocycles. The maximum Gasteiger partial charge on any atom is 0.324 e. The summed E-state index contributed by atoms with van der Waals surface area (Å²) in [6.07, 6.45) is 4.24. The molecule has 0 unspecified atom stereocenters. The monoisotopic (exact) mass is 277 g/mol. The molecule has 18 heavy (non-hydrogen) atoms. The quantitative estimate of drug-likeness (QED) is 0.750. The molecule has 0 amide bonds. The van der Waals surface area contributed by atoms with Crippen molar-refractivity contribution in [3.63, 3.8) is 0 Å². The second-order valence-corrected chi connectivity index (χ2v) is 7.35. The zero-order valence-electron chi connectivity index (χ0n) is 11.1. The van der Waals surface area contributed by atoms with Gasteiger partial charge in [-0.1, -0.05) is 39.5 Å². The van der Waals surface area contributed by atoms with Crippen LogP contribution >= 0.6 is 0 Å². The zero-order chi connectivity index (χ0) is 13.8. The normalized spacial score (nSPS) is 20.6. The van der Waals surface area contributed by atoms with E-state index < -0.39 is 21.5 Å². The van der Waals surface area contributed by atoms with E-state index in [0.717, 1.165) is 25.7 Å². The summed E-state index contributed by atoms with van der Waals surface area (Å²) in [5.41, 5.74) is -1.29. The van der Waals surface area contributed by atoms with Crippen molar-refractivity contribution in [2.45, 2.75) is 57.9 Å². The van der Waals surface area contributed by atoms with Gasteiger partial charge in [-0.2, -0.15) is 4.72 Å². The fraction of sp³-hybridized carbons (Fsp3) is 0.917. The number of hydrogen-bond acceptors (Lipinski definition) is 3. The van der Waals surface area contributed by atoms with E-state index >= 15 is 0 Å². The number of carbonyl (C=O) groups is 1. The van der Waals surface area contributed by atoms with Crippen molar-refractivity contribution >= 4 is 16.0 Å². The van der Waals surface area contributed by atoms with Crippen LogP contribution in [-0.2, 0) is 14.8 Å². The summed E-state index contributed by atoms with van der Waals surface area (Å²) in [6, 6.07) is 0. The van der Waals surface area contributed by atoms with Gasteiger partial charge in [0, 0.05) is 0 Å². The molecule has 1 aliphatic rings. The first-order chi connectivity index (χ1) is 8.27. The van der Waals surface area contributed by atoms with Crippen LogP contribution in [0, 0.1) is 5.92 Å². The van der Waals surface area contributed by atoms with Gasteiger partial charge in [0.25, 0.3) is 0 Å². The molecule has 6 heteroatoms. The van der Waals surface area contributed by atoms with Crippen LogP contribution < -0.4 is 4.72 Å². The third-order valence-electron chi connectivity index (χ3n) is 3.27. The van der Waals surface area contributed by atoms with Gasteiger partial charge in [-0.05, 0) is 18.8 Å². The smallest absolute Gasteiger partial charge is 0.324 e. The Balaban J connectivity index is 2.88. The highest BCUT2D eigenvalue weighted by atomic mass is 32.2. The first-order valence-electron chi connectivity index (χ1n) is 6.52. The van der Waals surface area contributed by atoms with Gasteiger partial charge in [0.1, 0.15) is 5.54 Å². The highest BCUT2D eigenvalue weighted by Gasteiger charge is 2.41. The first kappa shape index (κ1) is 15.4. The second-order valence-electron chi connectivity index (χ2n) is 5.58. The summed E-state index contributed by atoms with van der Waals surface area (Å²) in [5, 5.41) is 9.38. The molecule has 0 radical (unpaired) electrons. The number of hydrogen-bond donors (Lipinski definition) is 2. The van der Waals surface area contributed by atoms with Crippen LogP contribution in [-0.4, -0.2) is 30.8 Å². The Morgan fingerprint density at radius 1 is 1.22 bits per heavy atom. The van der Waals surface area contributed by atoms with Crippen molar-refractivity contribution in [1.82, 2.24) is 4.72 Å². The number of aliphatic carboxylic acids is 1. The topological polar surface area (TPSA) is 83.5 Å². The lowest BCUT2D eigenvalue weighted by atomic mass is 9.92. The van der Waals surface area contributed by atoms with Gasteiger partial charge >= 0.3 is 5.97 Å². The fourth-order valence-corrected chi connectivity index (χ4v) is 4.32.